The molecule has 2 aromatic rings. The third kappa shape index (κ3) is 4.38. The van der Waals surface area contributed by atoms with Crippen LogP contribution in [-0.4, -0.2) is 30.0 Å². The zero-order chi connectivity index (χ0) is 21.7. The lowest BCUT2D eigenvalue weighted by Crippen LogP contribution is -2.08. The SMILES string of the molecule is C=CCOc1ccc(/C=C2\N=C(c3cccc([N+](=O)[O-])c3C)OC2=O)cc1OCC. The molecule has 154 valence electrons. The number of cyclic esters (lactones) is 1. The van der Waals surface area contributed by atoms with E-state index in [4.69, 9.17) is 14.2 Å². The fourth-order valence-electron chi connectivity index (χ4n) is 2.89. The van der Waals surface area contributed by atoms with Crippen LogP contribution in [-0.2, 0) is 9.53 Å². The predicted octanol–water partition coefficient (Wildman–Crippen LogP) is 4.21. The van der Waals surface area contributed by atoms with E-state index < -0.39 is 10.9 Å². The summed E-state index contributed by atoms with van der Waals surface area (Å²) >= 11 is 0. The van der Waals surface area contributed by atoms with Crippen molar-refractivity contribution in [2.75, 3.05) is 13.2 Å². The minimum absolute atomic E-state index is 0.0309. The number of hydrogen-bond donors (Lipinski definition) is 0. The summed E-state index contributed by atoms with van der Waals surface area (Å²) in [6.45, 7) is 7.84. The van der Waals surface area contributed by atoms with E-state index in [1.54, 1.807) is 43.3 Å². The summed E-state index contributed by atoms with van der Waals surface area (Å²) in [6, 6.07) is 9.75. The molecule has 0 atom stereocenters. The Labute approximate surface area is 173 Å². The van der Waals surface area contributed by atoms with Gasteiger partial charge in [0.05, 0.1) is 11.5 Å². The molecule has 8 heteroatoms. The van der Waals surface area contributed by atoms with E-state index >= 15 is 0 Å². The van der Waals surface area contributed by atoms with Crippen LogP contribution in [0.2, 0.25) is 0 Å². The van der Waals surface area contributed by atoms with Crippen molar-refractivity contribution in [3.63, 3.8) is 0 Å². The number of carbonyl (C=O) groups is 1. The molecule has 0 saturated heterocycles. The molecule has 1 aliphatic heterocycles. The molecule has 0 spiro atoms. The first-order valence-corrected chi connectivity index (χ1v) is 9.22. The highest BCUT2D eigenvalue weighted by atomic mass is 16.6. The Kier molecular flexibility index (Phi) is 6.26. The van der Waals surface area contributed by atoms with Gasteiger partial charge >= 0.3 is 5.97 Å². The average Bonchev–Trinajstić information content (AvgIpc) is 3.07. The van der Waals surface area contributed by atoms with Crippen molar-refractivity contribution in [2.45, 2.75) is 13.8 Å². The van der Waals surface area contributed by atoms with Crippen molar-refractivity contribution in [3.05, 3.63) is 81.6 Å². The molecule has 0 N–H and O–H groups in total. The molecule has 0 bridgehead atoms. The molecular weight excluding hydrogens is 388 g/mol. The molecule has 8 nitrogen and oxygen atoms in total. The number of rotatable bonds is 8. The second kappa shape index (κ2) is 9.04. The molecule has 0 fully saturated rings. The summed E-state index contributed by atoms with van der Waals surface area (Å²) < 4.78 is 16.4. The highest BCUT2D eigenvalue weighted by Crippen LogP contribution is 2.31. The smallest absolute Gasteiger partial charge is 0.363 e. The van der Waals surface area contributed by atoms with Gasteiger partial charge in [0, 0.05) is 17.2 Å². The number of aliphatic imine (C=N–C) groups is 1. The summed E-state index contributed by atoms with van der Waals surface area (Å²) in [4.78, 5) is 27.2. The van der Waals surface area contributed by atoms with Crippen LogP contribution in [0, 0.1) is 17.0 Å². The molecular formula is C22H20N2O6. The molecule has 0 amide bonds. The number of nitrogens with zero attached hydrogens (tertiary/aromatic N) is 2. The van der Waals surface area contributed by atoms with Crippen molar-refractivity contribution in [1.82, 2.24) is 0 Å². The van der Waals surface area contributed by atoms with Crippen molar-refractivity contribution in [1.29, 1.82) is 0 Å². The highest BCUT2D eigenvalue weighted by Gasteiger charge is 2.27. The Morgan fingerprint density at radius 3 is 2.73 bits per heavy atom. The summed E-state index contributed by atoms with van der Waals surface area (Å²) in [5.41, 5.74) is 1.44. The van der Waals surface area contributed by atoms with Gasteiger partial charge in [-0.25, -0.2) is 9.79 Å². The van der Waals surface area contributed by atoms with Crippen molar-refractivity contribution < 1.29 is 23.9 Å². The van der Waals surface area contributed by atoms with Gasteiger partial charge in [0.2, 0.25) is 5.90 Å². The van der Waals surface area contributed by atoms with Crippen LogP contribution in [0.3, 0.4) is 0 Å². The number of carbonyl (C=O) groups excluding carboxylic acids is 1. The number of nitro benzene ring substituents is 1. The van der Waals surface area contributed by atoms with Gasteiger partial charge in [-0.05, 0) is 43.7 Å². The Morgan fingerprint density at radius 2 is 2.03 bits per heavy atom. The van der Waals surface area contributed by atoms with E-state index in [-0.39, 0.29) is 17.3 Å². The van der Waals surface area contributed by atoms with Crippen LogP contribution in [0.5, 0.6) is 11.5 Å². The van der Waals surface area contributed by atoms with Crippen LogP contribution in [0.1, 0.15) is 23.6 Å². The van der Waals surface area contributed by atoms with Crippen molar-refractivity contribution in [2.24, 2.45) is 4.99 Å². The first-order valence-electron chi connectivity index (χ1n) is 9.22. The molecule has 1 aliphatic rings. The maximum absolute atomic E-state index is 12.3. The lowest BCUT2D eigenvalue weighted by atomic mass is 10.1. The van der Waals surface area contributed by atoms with Gasteiger partial charge in [-0.2, -0.15) is 0 Å². The monoisotopic (exact) mass is 408 g/mol. The van der Waals surface area contributed by atoms with Crippen LogP contribution >= 0.6 is 0 Å². The van der Waals surface area contributed by atoms with Gasteiger partial charge in [-0.1, -0.05) is 24.8 Å². The number of nitro groups is 1. The molecule has 0 aliphatic carbocycles. The second-order valence-electron chi connectivity index (χ2n) is 6.28. The third-order valence-electron chi connectivity index (χ3n) is 4.28. The fourth-order valence-corrected chi connectivity index (χ4v) is 2.89. The Balaban J connectivity index is 1.95. The second-order valence-corrected chi connectivity index (χ2v) is 6.28. The molecule has 1 heterocycles. The zero-order valence-corrected chi connectivity index (χ0v) is 16.6. The van der Waals surface area contributed by atoms with Crippen LogP contribution in [0.15, 0.2) is 59.7 Å². The quantitative estimate of drug-likeness (QED) is 0.213. The maximum atomic E-state index is 12.3. The van der Waals surface area contributed by atoms with E-state index in [2.05, 4.69) is 11.6 Å². The molecule has 0 radical (unpaired) electrons. The first kappa shape index (κ1) is 20.8. The lowest BCUT2D eigenvalue weighted by Gasteiger charge is -2.11. The van der Waals surface area contributed by atoms with Crippen molar-refractivity contribution in [3.8, 4) is 11.5 Å². The van der Waals surface area contributed by atoms with Gasteiger partial charge in [0.1, 0.15) is 6.61 Å². The van der Waals surface area contributed by atoms with Gasteiger partial charge in [-0.3, -0.25) is 10.1 Å². The summed E-state index contributed by atoms with van der Waals surface area (Å²) in [5, 5.41) is 11.2. The third-order valence-corrected chi connectivity index (χ3v) is 4.28. The summed E-state index contributed by atoms with van der Waals surface area (Å²) in [5.74, 6) is 0.479. The van der Waals surface area contributed by atoms with E-state index in [9.17, 15) is 14.9 Å². The summed E-state index contributed by atoms with van der Waals surface area (Å²) in [7, 11) is 0. The average molecular weight is 408 g/mol. The number of esters is 1. The fraction of sp³-hybridized carbons (Fsp3) is 0.182. The standard InChI is InChI=1S/C22H20N2O6/c1-4-11-29-19-10-9-15(13-20(19)28-5-2)12-17-22(25)30-21(23-17)16-7-6-8-18(14(16)3)24(26)27/h4,6-10,12-13H,1,5,11H2,2-3H3/b17-12-. The zero-order valence-electron chi connectivity index (χ0n) is 16.6. The molecule has 0 saturated carbocycles. The Hall–Kier alpha value is -3.94. The van der Waals surface area contributed by atoms with Crippen LogP contribution in [0.4, 0.5) is 5.69 Å². The Bertz CT molecular complexity index is 1070. The van der Waals surface area contributed by atoms with Crippen LogP contribution in [0.25, 0.3) is 6.08 Å². The molecule has 0 aromatic heterocycles. The van der Waals surface area contributed by atoms with Crippen LogP contribution < -0.4 is 9.47 Å². The normalized spacial score (nSPS) is 14.3. The molecule has 0 unspecified atom stereocenters. The van der Waals surface area contributed by atoms with E-state index in [1.165, 1.54) is 12.1 Å². The summed E-state index contributed by atoms with van der Waals surface area (Å²) in [6.07, 6.45) is 3.19. The van der Waals surface area contributed by atoms with Gasteiger partial charge in [-0.15, -0.1) is 0 Å². The minimum atomic E-state index is -0.638. The Morgan fingerprint density at radius 1 is 1.23 bits per heavy atom. The van der Waals surface area contributed by atoms with Gasteiger partial charge in [0.25, 0.3) is 5.69 Å². The number of benzene rings is 2. The van der Waals surface area contributed by atoms with Gasteiger partial charge < -0.3 is 14.2 Å². The van der Waals surface area contributed by atoms with Crippen molar-refractivity contribution >= 4 is 23.6 Å². The molecule has 3 rings (SSSR count). The van der Waals surface area contributed by atoms with E-state index in [0.717, 1.165) is 0 Å². The maximum Gasteiger partial charge on any atom is 0.363 e. The van der Waals surface area contributed by atoms with Gasteiger partial charge in [0.15, 0.2) is 17.2 Å². The number of hydrogen-bond acceptors (Lipinski definition) is 7. The molecule has 2 aromatic carbocycles. The first-order chi connectivity index (χ1) is 14.4. The van der Waals surface area contributed by atoms with E-state index in [1.807, 2.05) is 6.92 Å². The minimum Gasteiger partial charge on any atom is -0.490 e. The predicted molar refractivity (Wildman–Crippen MR) is 112 cm³/mol. The molecule has 30 heavy (non-hydrogen) atoms. The highest BCUT2D eigenvalue weighted by molar-refractivity contribution is 6.13. The topological polar surface area (TPSA) is 100 Å². The largest absolute Gasteiger partial charge is 0.490 e. The number of ether oxygens (including phenoxy) is 3. The lowest BCUT2D eigenvalue weighted by molar-refractivity contribution is -0.385. The van der Waals surface area contributed by atoms with E-state index in [0.29, 0.717) is 41.4 Å².